The second-order valence-electron chi connectivity index (χ2n) is 5.47. The van der Waals surface area contributed by atoms with Gasteiger partial charge in [0.1, 0.15) is 11.1 Å². The van der Waals surface area contributed by atoms with Crippen LogP contribution >= 0.6 is 0 Å². The molecule has 7 heteroatoms. The number of rotatable bonds is 3. The average molecular weight is 297 g/mol. The van der Waals surface area contributed by atoms with Gasteiger partial charge in [-0.2, -0.15) is 10.2 Å². The van der Waals surface area contributed by atoms with Crippen LogP contribution in [0.2, 0.25) is 0 Å². The number of nitrogens with two attached hydrogens (primary N) is 1. The Kier molecular flexibility index (Phi) is 3.59. The lowest BCUT2D eigenvalue weighted by molar-refractivity contribution is 0.0995. The van der Waals surface area contributed by atoms with Crippen LogP contribution in [-0.4, -0.2) is 21.0 Å². The largest absolute Gasteiger partial charge is 0.364 e. The number of primary amides is 1. The minimum Gasteiger partial charge on any atom is -0.364 e. The van der Waals surface area contributed by atoms with Gasteiger partial charge in [-0.3, -0.25) is 9.78 Å². The van der Waals surface area contributed by atoms with E-state index in [1.165, 1.54) is 12.3 Å². The molecule has 0 radical (unpaired) electrons. The lowest BCUT2D eigenvalue weighted by Crippen LogP contribution is -2.27. The van der Waals surface area contributed by atoms with Crippen molar-refractivity contribution in [3.05, 3.63) is 29.9 Å². The van der Waals surface area contributed by atoms with Crippen LogP contribution in [0.1, 0.15) is 48.5 Å². The molecule has 1 saturated carbocycles. The third kappa shape index (κ3) is 2.44. The third-order valence-electron chi connectivity index (χ3n) is 4.03. The van der Waals surface area contributed by atoms with Crippen LogP contribution in [0.15, 0.2) is 22.9 Å². The van der Waals surface area contributed by atoms with Crippen molar-refractivity contribution in [3.8, 4) is 17.5 Å². The van der Waals surface area contributed by atoms with Crippen molar-refractivity contribution in [1.82, 2.24) is 15.1 Å². The Balaban J connectivity index is 1.90. The van der Waals surface area contributed by atoms with E-state index < -0.39 is 11.3 Å². The number of nitriles is 1. The van der Waals surface area contributed by atoms with E-state index in [9.17, 15) is 10.1 Å². The molecule has 0 aromatic carbocycles. The van der Waals surface area contributed by atoms with Crippen LogP contribution in [0.4, 0.5) is 0 Å². The first kappa shape index (κ1) is 14.2. The highest BCUT2D eigenvalue weighted by Crippen LogP contribution is 2.38. The Morgan fingerprint density at radius 3 is 2.68 bits per heavy atom. The normalized spacial score (nSPS) is 16.9. The van der Waals surface area contributed by atoms with Crippen molar-refractivity contribution in [2.45, 2.75) is 37.5 Å². The molecule has 22 heavy (non-hydrogen) atoms. The molecule has 1 aliphatic rings. The quantitative estimate of drug-likeness (QED) is 0.924. The molecule has 2 aromatic heterocycles. The van der Waals surface area contributed by atoms with Gasteiger partial charge >= 0.3 is 0 Å². The van der Waals surface area contributed by atoms with Crippen LogP contribution in [0, 0.1) is 11.3 Å². The van der Waals surface area contributed by atoms with Gasteiger partial charge in [0, 0.05) is 11.8 Å². The molecule has 0 unspecified atom stereocenters. The van der Waals surface area contributed by atoms with Gasteiger partial charge in [0.05, 0.1) is 6.07 Å². The molecule has 3 rings (SSSR count). The summed E-state index contributed by atoms with van der Waals surface area (Å²) in [5.41, 5.74) is 5.26. The molecule has 2 N–H and O–H groups in total. The van der Waals surface area contributed by atoms with Gasteiger partial charge in [0.2, 0.25) is 11.7 Å². The number of carbonyl (C=O) groups excluding carboxylic acids is 1. The molecule has 0 spiro atoms. The number of hydrogen-bond donors (Lipinski definition) is 1. The molecular weight excluding hydrogens is 282 g/mol. The van der Waals surface area contributed by atoms with E-state index in [1.54, 1.807) is 6.07 Å². The van der Waals surface area contributed by atoms with E-state index in [2.05, 4.69) is 21.2 Å². The molecule has 0 atom stereocenters. The number of carbonyl (C=O) groups is 1. The first-order valence-electron chi connectivity index (χ1n) is 7.16. The molecular formula is C15H15N5O2. The zero-order valence-electron chi connectivity index (χ0n) is 12.0. The molecule has 112 valence electrons. The Morgan fingerprint density at radius 2 is 2.09 bits per heavy atom. The fourth-order valence-electron chi connectivity index (χ4n) is 2.74. The van der Waals surface area contributed by atoms with Crippen LogP contribution in [-0.2, 0) is 5.41 Å². The van der Waals surface area contributed by atoms with Crippen molar-refractivity contribution in [2.24, 2.45) is 5.73 Å². The van der Waals surface area contributed by atoms with Crippen LogP contribution < -0.4 is 5.73 Å². The highest BCUT2D eigenvalue weighted by atomic mass is 16.5. The summed E-state index contributed by atoms with van der Waals surface area (Å²) < 4.78 is 5.33. The van der Waals surface area contributed by atoms with Crippen LogP contribution in [0.25, 0.3) is 11.4 Å². The average Bonchev–Trinajstić information content (AvgIpc) is 3.06. The number of nitrogens with zero attached hydrogens (tertiary/aromatic N) is 4. The monoisotopic (exact) mass is 297 g/mol. The van der Waals surface area contributed by atoms with Gasteiger partial charge in [-0.05, 0) is 25.0 Å². The minimum atomic E-state index is -0.676. The fraction of sp³-hybridized carbons (Fsp3) is 0.400. The standard InChI is InChI=1S/C15H15N5O2/c16-9-15(6-2-1-3-7-15)14-19-13(20-22-14)10-4-5-11(12(17)21)18-8-10/h4-5,8H,1-3,6-7H2,(H2,17,21). The van der Waals surface area contributed by atoms with Crippen LogP contribution in [0.3, 0.4) is 0 Å². The van der Waals surface area contributed by atoms with Gasteiger partial charge in [0.25, 0.3) is 5.91 Å². The maximum Gasteiger partial charge on any atom is 0.267 e. The second kappa shape index (κ2) is 5.56. The summed E-state index contributed by atoms with van der Waals surface area (Å²) in [7, 11) is 0. The van der Waals surface area contributed by atoms with Gasteiger partial charge in [-0.25, -0.2) is 0 Å². The van der Waals surface area contributed by atoms with E-state index >= 15 is 0 Å². The smallest absolute Gasteiger partial charge is 0.267 e. The molecule has 1 amide bonds. The third-order valence-corrected chi connectivity index (χ3v) is 4.03. The second-order valence-corrected chi connectivity index (χ2v) is 5.47. The molecule has 1 aliphatic carbocycles. The SMILES string of the molecule is N#CC1(c2nc(-c3ccc(C(N)=O)nc3)no2)CCCCC1. The van der Waals surface area contributed by atoms with E-state index in [0.717, 1.165) is 32.1 Å². The summed E-state index contributed by atoms with van der Waals surface area (Å²) in [5, 5.41) is 13.5. The summed E-state index contributed by atoms with van der Waals surface area (Å²) in [5.74, 6) is 0.133. The lowest BCUT2D eigenvalue weighted by atomic mass is 9.75. The number of pyridine rings is 1. The highest BCUT2D eigenvalue weighted by molar-refractivity contribution is 5.90. The number of hydrogen-bond acceptors (Lipinski definition) is 6. The first-order valence-corrected chi connectivity index (χ1v) is 7.16. The molecule has 2 heterocycles. The van der Waals surface area contributed by atoms with E-state index in [-0.39, 0.29) is 5.69 Å². The van der Waals surface area contributed by atoms with Crippen molar-refractivity contribution < 1.29 is 9.32 Å². The summed E-state index contributed by atoms with van der Waals surface area (Å²) in [6.45, 7) is 0. The Morgan fingerprint density at radius 1 is 1.32 bits per heavy atom. The Labute approximate surface area is 127 Å². The van der Waals surface area contributed by atoms with Gasteiger partial charge < -0.3 is 10.3 Å². The first-order chi connectivity index (χ1) is 10.6. The van der Waals surface area contributed by atoms with E-state index in [1.807, 2.05) is 0 Å². The highest BCUT2D eigenvalue weighted by Gasteiger charge is 2.39. The molecule has 0 bridgehead atoms. The van der Waals surface area contributed by atoms with Crippen molar-refractivity contribution >= 4 is 5.91 Å². The zero-order chi connectivity index (χ0) is 15.6. The molecule has 2 aromatic rings. The summed E-state index contributed by atoms with van der Waals surface area (Å²) >= 11 is 0. The van der Waals surface area contributed by atoms with E-state index in [4.69, 9.17) is 10.3 Å². The van der Waals surface area contributed by atoms with Crippen molar-refractivity contribution in [1.29, 1.82) is 5.26 Å². The van der Waals surface area contributed by atoms with Crippen LogP contribution in [0.5, 0.6) is 0 Å². The summed E-state index contributed by atoms with van der Waals surface area (Å²) in [6.07, 6.45) is 6.05. The lowest BCUT2D eigenvalue weighted by Gasteiger charge is -2.26. The maximum absolute atomic E-state index is 11.0. The Bertz CT molecular complexity index is 723. The number of aromatic nitrogens is 3. The topological polar surface area (TPSA) is 119 Å². The Hall–Kier alpha value is -2.75. The predicted molar refractivity (Wildman–Crippen MR) is 76.4 cm³/mol. The molecule has 0 aliphatic heterocycles. The molecule has 1 fully saturated rings. The van der Waals surface area contributed by atoms with E-state index in [0.29, 0.717) is 17.3 Å². The molecule has 7 nitrogen and oxygen atoms in total. The van der Waals surface area contributed by atoms with Gasteiger partial charge in [0.15, 0.2) is 0 Å². The number of amides is 1. The minimum absolute atomic E-state index is 0.174. The van der Waals surface area contributed by atoms with Gasteiger partial charge in [-0.15, -0.1) is 0 Å². The molecule has 0 saturated heterocycles. The van der Waals surface area contributed by atoms with Gasteiger partial charge in [-0.1, -0.05) is 24.4 Å². The maximum atomic E-state index is 11.0. The summed E-state index contributed by atoms with van der Waals surface area (Å²) in [6, 6.07) is 5.51. The fourth-order valence-corrected chi connectivity index (χ4v) is 2.74. The summed E-state index contributed by atoms with van der Waals surface area (Å²) in [4.78, 5) is 19.3. The zero-order valence-corrected chi connectivity index (χ0v) is 12.0. The van der Waals surface area contributed by atoms with Crippen molar-refractivity contribution in [2.75, 3.05) is 0 Å². The predicted octanol–water partition coefficient (Wildman–Crippen LogP) is 1.96. The van der Waals surface area contributed by atoms with Crippen molar-refractivity contribution in [3.63, 3.8) is 0 Å².